The van der Waals surface area contributed by atoms with Crippen molar-refractivity contribution in [1.82, 2.24) is 16.0 Å². The third-order valence-electron chi connectivity index (χ3n) is 1.94. The van der Waals surface area contributed by atoms with Gasteiger partial charge in [0.2, 0.25) is 5.91 Å². The van der Waals surface area contributed by atoms with Crippen LogP contribution in [0, 0.1) is 0 Å². The summed E-state index contributed by atoms with van der Waals surface area (Å²) in [6.45, 7) is 4.88. The van der Waals surface area contributed by atoms with Crippen LogP contribution in [0.1, 0.15) is 27.2 Å². The quantitative estimate of drug-likeness (QED) is 0.426. The number of urea groups is 1. The first-order valence-corrected chi connectivity index (χ1v) is 5.84. The number of aliphatic hydroxyl groups excluding tert-OH is 1. The fourth-order valence-electron chi connectivity index (χ4n) is 1.17. The Balaban J connectivity index is 3.92. The number of hydrogen-bond donors (Lipinski definition) is 5. The Morgan fingerprint density at radius 1 is 1.21 bits per heavy atom. The van der Waals surface area contributed by atoms with E-state index in [1.807, 2.05) is 20.8 Å². The van der Waals surface area contributed by atoms with Gasteiger partial charge in [-0.1, -0.05) is 0 Å². The van der Waals surface area contributed by atoms with E-state index in [0.717, 1.165) is 0 Å². The molecular weight excluding hydrogens is 254 g/mol. The van der Waals surface area contributed by atoms with E-state index in [1.165, 1.54) is 0 Å². The van der Waals surface area contributed by atoms with Gasteiger partial charge in [-0.2, -0.15) is 0 Å². The summed E-state index contributed by atoms with van der Waals surface area (Å²) >= 11 is 0. The van der Waals surface area contributed by atoms with Crippen LogP contribution in [-0.2, 0) is 9.59 Å². The molecule has 0 aromatic carbocycles. The number of rotatable bonds is 6. The van der Waals surface area contributed by atoms with Crippen molar-refractivity contribution < 1.29 is 24.6 Å². The summed E-state index contributed by atoms with van der Waals surface area (Å²) in [5.74, 6) is -1.55. The van der Waals surface area contributed by atoms with Crippen molar-refractivity contribution in [2.75, 3.05) is 13.2 Å². The van der Waals surface area contributed by atoms with Crippen molar-refractivity contribution in [2.24, 2.45) is 0 Å². The first-order valence-electron chi connectivity index (χ1n) is 5.84. The average Bonchev–Trinajstić information content (AvgIpc) is 2.22. The van der Waals surface area contributed by atoms with Gasteiger partial charge in [0, 0.05) is 18.5 Å². The molecule has 0 spiro atoms. The van der Waals surface area contributed by atoms with Crippen molar-refractivity contribution in [2.45, 2.75) is 38.8 Å². The molecular formula is C11H21N3O5. The Hall–Kier alpha value is -1.83. The number of amides is 3. The Labute approximate surface area is 111 Å². The monoisotopic (exact) mass is 275 g/mol. The minimum absolute atomic E-state index is 0.0749. The van der Waals surface area contributed by atoms with Gasteiger partial charge in [0.15, 0.2) is 6.04 Å². The fourth-order valence-corrected chi connectivity index (χ4v) is 1.17. The highest BCUT2D eigenvalue weighted by atomic mass is 16.4. The maximum absolute atomic E-state index is 11.4. The zero-order chi connectivity index (χ0) is 15.1. The average molecular weight is 275 g/mol. The van der Waals surface area contributed by atoms with Crippen LogP contribution in [0.25, 0.3) is 0 Å². The van der Waals surface area contributed by atoms with Gasteiger partial charge in [-0.25, -0.2) is 9.59 Å². The molecule has 8 nitrogen and oxygen atoms in total. The van der Waals surface area contributed by atoms with E-state index in [-0.39, 0.29) is 24.4 Å². The van der Waals surface area contributed by atoms with Gasteiger partial charge in [0.1, 0.15) is 0 Å². The Morgan fingerprint density at radius 2 is 1.79 bits per heavy atom. The Kier molecular flexibility index (Phi) is 6.84. The topological polar surface area (TPSA) is 128 Å². The molecule has 0 saturated carbocycles. The summed E-state index contributed by atoms with van der Waals surface area (Å²) in [6, 6.07) is -2.10. The van der Waals surface area contributed by atoms with Crippen LogP contribution in [0.5, 0.6) is 0 Å². The molecule has 0 aliphatic heterocycles. The molecule has 0 rings (SSSR count). The minimum Gasteiger partial charge on any atom is -0.480 e. The van der Waals surface area contributed by atoms with Crippen molar-refractivity contribution in [3.63, 3.8) is 0 Å². The zero-order valence-electron chi connectivity index (χ0n) is 11.3. The molecule has 0 aromatic rings. The molecule has 19 heavy (non-hydrogen) atoms. The van der Waals surface area contributed by atoms with Gasteiger partial charge < -0.3 is 26.2 Å². The summed E-state index contributed by atoms with van der Waals surface area (Å²) in [5.41, 5.74) is -0.343. The number of carbonyl (C=O) groups excluding carboxylic acids is 2. The van der Waals surface area contributed by atoms with Gasteiger partial charge in [-0.05, 0) is 20.8 Å². The lowest BCUT2D eigenvalue weighted by atomic mass is 10.1. The van der Waals surface area contributed by atoms with E-state index in [9.17, 15) is 14.4 Å². The van der Waals surface area contributed by atoms with Gasteiger partial charge in [0.25, 0.3) is 0 Å². The Bertz CT molecular complexity index is 338. The van der Waals surface area contributed by atoms with Gasteiger partial charge in [0.05, 0.1) is 6.61 Å². The molecule has 8 heteroatoms. The highest BCUT2D eigenvalue weighted by molar-refractivity contribution is 5.83. The largest absolute Gasteiger partial charge is 0.480 e. The molecule has 110 valence electrons. The summed E-state index contributed by atoms with van der Waals surface area (Å²) in [6.07, 6.45) is 0.0849. The zero-order valence-corrected chi connectivity index (χ0v) is 11.3. The molecule has 3 amide bonds. The smallest absolute Gasteiger partial charge is 0.328 e. The lowest BCUT2D eigenvalue weighted by molar-refractivity contribution is -0.140. The van der Waals surface area contributed by atoms with Gasteiger partial charge >= 0.3 is 12.0 Å². The van der Waals surface area contributed by atoms with Crippen LogP contribution in [-0.4, -0.2) is 52.9 Å². The SMILES string of the molecule is CC(C)(C)NC(=O)CCNC(=O)N[C@@H](CO)C(=O)O. The molecule has 1 atom stereocenters. The molecule has 0 radical (unpaired) electrons. The highest BCUT2D eigenvalue weighted by Crippen LogP contribution is 1.98. The number of nitrogens with one attached hydrogen (secondary N) is 3. The number of carboxylic acid groups (broad SMARTS) is 1. The first-order chi connectivity index (χ1) is 8.65. The van der Waals surface area contributed by atoms with Crippen LogP contribution in [0.2, 0.25) is 0 Å². The molecule has 0 bridgehead atoms. The summed E-state index contributed by atoms with van der Waals surface area (Å²) < 4.78 is 0. The predicted octanol–water partition coefficient (Wildman–Crippen LogP) is -0.964. The normalized spacial score (nSPS) is 12.4. The van der Waals surface area contributed by atoms with Crippen molar-refractivity contribution >= 4 is 17.9 Å². The maximum atomic E-state index is 11.4. The van der Waals surface area contributed by atoms with Gasteiger partial charge in [-0.3, -0.25) is 4.79 Å². The van der Waals surface area contributed by atoms with Gasteiger partial charge in [-0.15, -0.1) is 0 Å². The van der Waals surface area contributed by atoms with Crippen molar-refractivity contribution in [3.05, 3.63) is 0 Å². The van der Waals surface area contributed by atoms with E-state index in [2.05, 4.69) is 16.0 Å². The molecule has 0 aromatic heterocycles. The second-order valence-electron chi connectivity index (χ2n) is 5.02. The third-order valence-corrected chi connectivity index (χ3v) is 1.94. The molecule has 0 saturated heterocycles. The van der Waals surface area contributed by atoms with E-state index in [0.29, 0.717) is 0 Å². The highest BCUT2D eigenvalue weighted by Gasteiger charge is 2.18. The first kappa shape index (κ1) is 17.2. The lowest BCUT2D eigenvalue weighted by Gasteiger charge is -2.20. The molecule has 0 heterocycles. The third kappa shape index (κ3) is 8.83. The fraction of sp³-hybridized carbons (Fsp3) is 0.727. The molecule has 0 unspecified atom stereocenters. The van der Waals surface area contributed by atoms with Crippen molar-refractivity contribution in [1.29, 1.82) is 0 Å². The van der Waals surface area contributed by atoms with E-state index in [1.54, 1.807) is 0 Å². The molecule has 5 N–H and O–H groups in total. The van der Waals surface area contributed by atoms with E-state index in [4.69, 9.17) is 10.2 Å². The number of hydrogen-bond acceptors (Lipinski definition) is 4. The van der Waals surface area contributed by atoms with Crippen LogP contribution < -0.4 is 16.0 Å². The minimum atomic E-state index is -1.36. The predicted molar refractivity (Wildman–Crippen MR) is 67.6 cm³/mol. The van der Waals surface area contributed by atoms with Crippen LogP contribution in [0.3, 0.4) is 0 Å². The number of carbonyl (C=O) groups is 3. The van der Waals surface area contributed by atoms with Crippen LogP contribution in [0.4, 0.5) is 4.79 Å². The Morgan fingerprint density at radius 3 is 2.21 bits per heavy atom. The maximum Gasteiger partial charge on any atom is 0.328 e. The summed E-state index contributed by atoms with van der Waals surface area (Å²) in [5, 5.41) is 24.4. The number of aliphatic carboxylic acids is 1. The van der Waals surface area contributed by atoms with Crippen LogP contribution in [0.15, 0.2) is 0 Å². The molecule has 0 aliphatic rings. The number of carboxylic acids is 1. The van der Waals surface area contributed by atoms with E-state index >= 15 is 0 Å². The second kappa shape index (κ2) is 7.57. The van der Waals surface area contributed by atoms with Crippen LogP contribution >= 0.6 is 0 Å². The summed E-state index contributed by atoms with van der Waals surface area (Å²) in [4.78, 5) is 33.2. The standard InChI is InChI=1S/C11H21N3O5/c1-11(2,3)14-8(16)4-5-12-10(19)13-7(6-15)9(17)18/h7,15H,4-6H2,1-3H3,(H,14,16)(H,17,18)(H2,12,13,19)/t7-/m0/s1. The van der Waals surface area contributed by atoms with Crippen molar-refractivity contribution in [3.8, 4) is 0 Å². The van der Waals surface area contributed by atoms with E-state index < -0.39 is 24.6 Å². The lowest BCUT2D eigenvalue weighted by Crippen LogP contribution is -2.48. The summed E-state index contributed by atoms with van der Waals surface area (Å²) in [7, 11) is 0. The second-order valence-corrected chi connectivity index (χ2v) is 5.02. The molecule has 0 aliphatic carbocycles. The molecule has 0 fully saturated rings. The number of aliphatic hydroxyl groups is 1.